The summed E-state index contributed by atoms with van der Waals surface area (Å²) in [6, 6.07) is 0. The third-order valence-corrected chi connectivity index (χ3v) is 3.86. The lowest BCUT2D eigenvalue weighted by Gasteiger charge is -2.37. The van der Waals surface area contributed by atoms with Crippen molar-refractivity contribution < 1.29 is 4.52 Å². The molecule has 1 fully saturated rings. The molecular weight excluding hydrogens is 240 g/mol. The third-order valence-electron chi connectivity index (χ3n) is 3.86. The molecule has 100 valence electrons. The van der Waals surface area contributed by atoms with Gasteiger partial charge in [0.25, 0.3) is 0 Å². The van der Waals surface area contributed by atoms with Gasteiger partial charge in [-0.3, -0.25) is 4.68 Å². The van der Waals surface area contributed by atoms with Crippen molar-refractivity contribution in [3.05, 3.63) is 41.8 Å². The average Bonchev–Trinajstić information content (AvgIpc) is 2.94. The molecule has 2 aromatic heterocycles. The molecule has 1 aliphatic carbocycles. The van der Waals surface area contributed by atoms with Crippen LogP contribution in [0.5, 0.6) is 0 Å². The number of hydrogen-bond acceptors (Lipinski definition) is 4. The summed E-state index contributed by atoms with van der Waals surface area (Å²) in [7, 11) is 1.90. The highest BCUT2D eigenvalue weighted by Crippen LogP contribution is 2.45. The van der Waals surface area contributed by atoms with Gasteiger partial charge in [-0.1, -0.05) is 24.2 Å². The largest absolute Gasteiger partial charge is 0.339 e. The number of nitrogens with zero attached hydrogens (tertiary/aromatic N) is 4. The molecule has 3 rings (SSSR count). The van der Waals surface area contributed by atoms with E-state index in [0.29, 0.717) is 5.89 Å². The van der Waals surface area contributed by atoms with Gasteiger partial charge in [-0.05, 0) is 19.8 Å². The molecule has 0 aromatic carbocycles. The van der Waals surface area contributed by atoms with E-state index < -0.39 is 0 Å². The van der Waals surface area contributed by atoms with Crippen LogP contribution in [0.1, 0.15) is 49.9 Å². The molecule has 0 spiro atoms. The van der Waals surface area contributed by atoms with E-state index in [4.69, 9.17) is 4.52 Å². The van der Waals surface area contributed by atoms with Gasteiger partial charge in [-0.2, -0.15) is 10.1 Å². The molecule has 0 aliphatic heterocycles. The average molecular weight is 258 g/mol. The second-order valence-corrected chi connectivity index (χ2v) is 5.79. The molecule has 0 amide bonds. The van der Waals surface area contributed by atoms with Crippen molar-refractivity contribution in [2.75, 3.05) is 0 Å². The number of allylic oxidation sites excluding steroid dienone is 1. The molecule has 2 heterocycles. The summed E-state index contributed by atoms with van der Waals surface area (Å²) < 4.78 is 7.20. The smallest absolute Gasteiger partial charge is 0.234 e. The van der Waals surface area contributed by atoms with Crippen LogP contribution in [-0.2, 0) is 12.5 Å². The molecule has 5 heteroatoms. The van der Waals surface area contributed by atoms with Gasteiger partial charge in [-0.15, -0.1) is 0 Å². The first-order valence-electron chi connectivity index (χ1n) is 6.47. The third kappa shape index (κ3) is 1.99. The van der Waals surface area contributed by atoms with Crippen molar-refractivity contribution in [3.63, 3.8) is 0 Å². The lowest BCUT2D eigenvalue weighted by Crippen LogP contribution is -2.33. The summed E-state index contributed by atoms with van der Waals surface area (Å²) in [4.78, 5) is 4.57. The highest BCUT2D eigenvalue weighted by atomic mass is 16.5. The Labute approximate surface area is 112 Å². The Hall–Kier alpha value is -1.91. The van der Waals surface area contributed by atoms with Gasteiger partial charge in [0.05, 0.1) is 12.1 Å². The van der Waals surface area contributed by atoms with Gasteiger partial charge in [0.15, 0.2) is 5.82 Å². The van der Waals surface area contributed by atoms with Crippen molar-refractivity contribution in [2.24, 2.45) is 7.05 Å². The molecule has 0 bridgehead atoms. The number of hydrogen-bond donors (Lipinski definition) is 0. The zero-order valence-corrected chi connectivity index (χ0v) is 11.6. The molecule has 0 N–H and O–H groups in total. The molecule has 1 saturated carbocycles. The molecule has 19 heavy (non-hydrogen) atoms. The van der Waals surface area contributed by atoms with Crippen LogP contribution in [0.25, 0.3) is 0 Å². The van der Waals surface area contributed by atoms with Crippen LogP contribution in [0.2, 0.25) is 0 Å². The van der Waals surface area contributed by atoms with Crippen LogP contribution in [0.15, 0.2) is 29.1 Å². The fourth-order valence-corrected chi connectivity index (χ4v) is 2.67. The van der Waals surface area contributed by atoms with E-state index in [1.54, 1.807) is 4.68 Å². The number of rotatable bonds is 3. The summed E-state index contributed by atoms with van der Waals surface area (Å²) in [6.07, 6.45) is 5.71. The summed E-state index contributed by atoms with van der Waals surface area (Å²) in [5.41, 5.74) is 2.35. The molecule has 1 unspecified atom stereocenters. The van der Waals surface area contributed by atoms with E-state index in [-0.39, 0.29) is 11.3 Å². The Morgan fingerprint density at radius 2 is 2.21 bits per heavy atom. The maximum atomic E-state index is 5.42. The van der Waals surface area contributed by atoms with Gasteiger partial charge < -0.3 is 4.52 Å². The van der Waals surface area contributed by atoms with Crippen molar-refractivity contribution in [1.29, 1.82) is 0 Å². The van der Waals surface area contributed by atoms with Crippen LogP contribution in [-0.4, -0.2) is 19.9 Å². The van der Waals surface area contributed by atoms with Crippen molar-refractivity contribution in [1.82, 2.24) is 19.9 Å². The topological polar surface area (TPSA) is 56.7 Å². The van der Waals surface area contributed by atoms with Gasteiger partial charge in [0.2, 0.25) is 5.89 Å². The van der Waals surface area contributed by atoms with Gasteiger partial charge in [0, 0.05) is 24.2 Å². The molecule has 1 aliphatic rings. The Bertz CT molecular complexity index is 617. The van der Waals surface area contributed by atoms with Gasteiger partial charge in [-0.25, -0.2) is 0 Å². The summed E-state index contributed by atoms with van der Waals surface area (Å²) in [5, 5.41) is 8.31. The zero-order chi connectivity index (χ0) is 13.6. The Morgan fingerprint density at radius 1 is 1.47 bits per heavy atom. The van der Waals surface area contributed by atoms with Crippen LogP contribution in [0, 0.1) is 0 Å². The van der Waals surface area contributed by atoms with Gasteiger partial charge >= 0.3 is 0 Å². The normalized spacial score (nSPS) is 19.2. The molecule has 2 aromatic rings. The van der Waals surface area contributed by atoms with Crippen molar-refractivity contribution in [3.8, 4) is 0 Å². The molecule has 0 saturated heterocycles. The lowest BCUT2D eigenvalue weighted by molar-refractivity contribution is 0.313. The maximum Gasteiger partial charge on any atom is 0.234 e. The van der Waals surface area contributed by atoms with E-state index in [1.165, 1.54) is 5.57 Å². The minimum absolute atomic E-state index is 0.00743. The first-order valence-corrected chi connectivity index (χ1v) is 6.47. The van der Waals surface area contributed by atoms with Crippen molar-refractivity contribution >= 4 is 0 Å². The highest BCUT2D eigenvalue weighted by Gasteiger charge is 2.41. The minimum atomic E-state index is 0.00743. The second kappa shape index (κ2) is 4.05. The van der Waals surface area contributed by atoms with E-state index in [0.717, 1.165) is 24.2 Å². The molecular formula is C14H18N4O. The van der Waals surface area contributed by atoms with Crippen LogP contribution in [0.4, 0.5) is 0 Å². The SMILES string of the molecule is C=C1CC(C)(c2noc(C(C)c3cnn(C)c3)n2)C1. The number of aryl methyl sites for hydroxylation is 1. The minimum Gasteiger partial charge on any atom is -0.339 e. The predicted molar refractivity (Wildman–Crippen MR) is 70.7 cm³/mol. The van der Waals surface area contributed by atoms with Crippen LogP contribution >= 0.6 is 0 Å². The lowest BCUT2D eigenvalue weighted by atomic mass is 9.67. The summed E-state index contributed by atoms with van der Waals surface area (Å²) in [6.45, 7) is 8.19. The Kier molecular flexibility index (Phi) is 2.59. The Balaban J connectivity index is 1.83. The number of aromatic nitrogens is 4. The fraction of sp³-hybridized carbons (Fsp3) is 0.500. The van der Waals surface area contributed by atoms with E-state index in [1.807, 2.05) is 19.4 Å². The molecule has 1 atom stereocenters. The van der Waals surface area contributed by atoms with Gasteiger partial charge in [0.1, 0.15) is 0 Å². The van der Waals surface area contributed by atoms with E-state index in [9.17, 15) is 0 Å². The highest BCUT2D eigenvalue weighted by molar-refractivity contribution is 5.26. The maximum absolute atomic E-state index is 5.42. The van der Waals surface area contributed by atoms with E-state index in [2.05, 4.69) is 35.7 Å². The quantitative estimate of drug-likeness (QED) is 0.794. The second-order valence-electron chi connectivity index (χ2n) is 5.79. The van der Waals surface area contributed by atoms with Crippen LogP contribution < -0.4 is 0 Å². The standard InChI is InChI=1S/C14H18N4O/c1-9-5-14(3,6-9)13-16-12(19-17-13)10(2)11-7-15-18(4)8-11/h7-8,10H,1,5-6H2,2-4H3. The zero-order valence-electron chi connectivity index (χ0n) is 11.6. The molecule has 5 nitrogen and oxygen atoms in total. The summed E-state index contributed by atoms with van der Waals surface area (Å²) in [5.74, 6) is 1.52. The monoisotopic (exact) mass is 258 g/mol. The predicted octanol–water partition coefficient (Wildman–Crippen LogP) is 2.56. The van der Waals surface area contributed by atoms with Crippen molar-refractivity contribution in [2.45, 2.75) is 38.0 Å². The summed E-state index contributed by atoms with van der Waals surface area (Å²) >= 11 is 0. The molecule has 0 radical (unpaired) electrons. The van der Waals surface area contributed by atoms with Crippen LogP contribution in [0.3, 0.4) is 0 Å². The first kappa shape index (κ1) is 12.1. The fourth-order valence-electron chi connectivity index (χ4n) is 2.67. The Morgan fingerprint density at radius 3 is 2.79 bits per heavy atom. The first-order chi connectivity index (χ1) is 8.98. The van der Waals surface area contributed by atoms with E-state index >= 15 is 0 Å².